The SMILES string of the molecule is CCC(=O)NCC(=O)CCC(=O)NCCOCCOCCOCCOCCC(=O)N[C@@H](CC)C(C)=O.CC[C@H](C)C(C)=O.CC[C@H](CC(=O)CCOCCOCCOCCOCCCC(=O)CNC(=O)CCC(=O)CN)C(N)=O.CC[C@H](NC(=O)CCOCCOCCOCCOCCN)C(C)=O. The lowest BCUT2D eigenvalue weighted by molar-refractivity contribution is -0.128. The summed E-state index contributed by atoms with van der Waals surface area (Å²) in [7, 11) is 0. The van der Waals surface area contributed by atoms with Crippen molar-refractivity contribution in [3.63, 3.8) is 0 Å². The van der Waals surface area contributed by atoms with E-state index in [0.717, 1.165) is 6.42 Å². The predicted octanol–water partition coefficient (Wildman–Crippen LogP) is 1.11. The van der Waals surface area contributed by atoms with Crippen LogP contribution in [0.5, 0.6) is 0 Å². The number of hydrogen-bond acceptors (Lipinski definition) is 27. The van der Waals surface area contributed by atoms with Gasteiger partial charge in [0.25, 0.3) is 0 Å². The van der Waals surface area contributed by atoms with Gasteiger partial charge in [0.15, 0.2) is 23.1 Å². The van der Waals surface area contributed by atoms with Crippen LogP contribution in [0, 0.1) is 11.8 Å². The molecule has 0 aliphatic rings. The summed E-state index contributed by atoms with van der Waals surface area (Å²) in [6.07, 6.45) is 4.93. The predicted molar refractivity (Wildman–Crippen MR) is 382 cm³/mol. The van der Waals surface area contributed by atoms with Crippen LogP contribution < -0.4 is 43.8 Å². The minimum atomic E-state index is -0.448. The zero-order chi connectivity index (χ0) is 77.9. The van der Waals surface area contributed by atoms with Crippen LogP contribution in [0.25, 0.3) is 0 Å². The zero-order valence-electron chi connectivity index (χ0n) is 63.4. The summed E-state index contributed by atoms with van der Waals surface area (Å²) in [5.41, 5.74) is 15.7. The van der Waals surface area contributed by atoms with E-state index in [9.17, 15) is 62.3 Å². The lowest BCUT2D eigenvalue weighted by atomic mass is 9.98. The maximum Gasteiger partial charge on any atom is 0.222 e. The van der Waals surface area contributed by atoms with Gasteiger partial charge >= 0.3 is 0 Å². The van der Waals surface area contributed by atoms with Crippen molar-refractivity contribution in [3.8, 4) is 0 Å². The van der Waals surface area contributed by atoms with Crippen molar-refractivity contribution >= 4 is 75.9 Å². The molecule has 0 bridgehead atoms. The van der Waals surface area contributed by atoms with E-state index in [4.69, 9.17) is 74.0 Å². The molecule has 6 amide bonds. The molecule has 0 fully saturated rings. The van der Waals surface area contributed by atoms with Gasteiger partial charge in [0.1, 0.15) is 17.3 Å². The largest absolute Gasteiger partial charge is 0.379 e. The van der Waals surface area contributed by atoms with Crippen LogP contribution in [0.15, 0.2) is 0 Å². The number of Topliss-reactive ketones (excluding diaryl/α,β-unsaturated/α-hetero) is 7. The number of carbonyl (C=O) groups excluding carboxylic acids is 13. The summed E-state index contributed by atoms with van der Waals surface area (Å²) in [6, 6.07) is -0.838. The van der Waals surface area contributed by atoms with Gasteiger partial charge in [-0.25, -0.2) is 0 Å². The molecule has 0 saturated carbocycles. The Kier molecular flexibility index (Phi) is 77.3. The van der Waals surface area contributed by atoms with Gasteiger partial charge in [0.2, 0.25) is 35.4 Å². The first-order valence-corrected chi connectivity index (χ1v) is 36.0. The van der Waals surface area contributed by atoms with Crippen LogP contribution >= 0.6 is 0 Å². The monoisotopic (exact) mass is 1480 g/mol. The molecule has 0 heterocycles. The Hall–Kier alpha value is -6.05. The van der Waals surface area contributed by atoms with Gasteiger partial charge in [-0.2, -0.15) is 0 Å². The molecule has 0 rings (SSSR count). The summed E-state index contributed by atoms with van der Waals surface area (Å²) in [5.74, 6) is -2.08. The highest BCUT2D eigenvalue weighted by Gasteiger charge is 2.19. The Bertz CT molecular complexity index is 2140. The van der Waals surface area contributed by atoms with E-state index in [1.807, 2.05) is 34.6 Å². The molecule has 11 N–H and O–H groups in total. The van der Waals surface area contributed by atoms with Crippen molar-refractivity contribution in [2.75, 3.05) is 191 Å². The smallest absolute Gasteiger partial charge is 0.222 e. The number of nitrogens with two attached hydrogens (primary N) is 3. The van der Waals surface area contributed by atoms with Crippen LogP contribution in [0.1, 0.15) is 159 Å². The number of amides is 6. The molecular weight excluding hydrogens is 1350 g/mol. The summed E-state index contributed by atoms with van der Waals surface area (Å²) < 4.78 is 64.0. The van der Waals surface area contributed by atoms with E-state index < -0.39 is 23.9 Å². The molecule has 103 heavy (non-hydrogen) atoms. The number of rotatable bonds is 69. The molecule has 0 saturated heterocycles. The van der Waals surface area contributed by atoms with E-state index in [1.54, 1.807) is 13.8 Å². The fourth-order valence-electron chi connectivity index (χ4n) is 7.63. The van der Waals surface area contributed by atoms with Crippen molar-refractivity contribution in [1.82, 2.24) is 26.6 Å². The average Bonchev–Trinajstić information content (AvgIpc) is 1.08. The fourth-order valence-corrected chi connectivity index (χ4v) is 7.63. The first kappa shape index (κ1) is 103. The molecule has 0 aliphatic carbocycles. The second-order valence-electron chi connectivity index (χ2n) is 23.0. The van der Waals surface area contributed by atoms with Crippen molar-refractivity contribution in [1.29, 1.82) is 0 Å². The maximum absolute atomic E-state index is 11.8. The molecule has 33 nitrogen and oxygen atoms in total. The van der Waals surface area contributed by atoms with Gasteiger partial charge in [-0.1, -0.05) is 41.5 Å². The normalized spacial score (nSPS) is 11.9. The number of carbonyl (C=O) groups is 13. The minimum Gasteiger partial charge on any atom is -0.379 e. The highest BCUT2D eigenvalue weighted by Crippen LogP contribution is 2.09. The molecule has 0 spiro atoms. The number of ether oxygens (including phenoxy) is 12. The summed E-state index contributed by atoms with van der Waals surface area (Å²) in [5, 5.41) is 13.0. The lowest BCUT2D eigenvalue weighted by Crippen LogP contribution is -2.39. The van der Waals surface area contributed by atoms with Crippen LogP contribution in [-0.4, -0.2) is 279 Å². The third-order valence-corrected chi connectivity index (χ3v) is 14.3. The zero-order valence-corrected chi connectivity index (χ0v) is 63.4. The van der Waals surface area contributed by atoms with Gasteiger partial charge in [-0.3, -0.25) is 62.3 Å². The van der Waals surface area contributed by atoms with E-state index in [1.165, 1.54) is 13.8 Å². The Labute approximate surface area is 610 Å². The van der Waals surface area contributed by atoms with Crippen molar-refractivity contribution < 1.29 is 119 Å². The van der Waals surface area contributed by atoms with E-state index in [-0.39, 0.29) is 154 Å². The Balaban J connectivity index is -0.000000692. The van der Waals surface area contributed by atoms with Crippen LogP contribution in [0.3, 0.4) is 0 Å². The molecule has 0 aromatic rings. The Morgan fingerprint density at radius 3 is 1.02 bits per heavy atom. The standard InChI is InChI=1S/2C24H43N3O9.C16H32N2O6.C6H12O/c1-4-21(19(3)28)27-24(32)8-10-33-12-14-35-16-17-36-15-13-34-11-9-25-23(31)7-6-20(29)18-26-22(30)5-2;1-2-19(24(26)32)16-20(28)7-9-34-11-13-36-15-14-35-12-10-33-8-3-4-22(30)18-27-23(31)6-5-21(29)17-25;1-3-15(14(2)19)18-16(20)4-6-21-8-10-23-12-13-24-11-9-22-7-5-17;1-4-5(2)6(3)7/h21H,4-18H2,1-3H3,(H,25,31)(H,26,30)(H,27,32);19H,2-18,25H2,1H3,(H2,26,32)(H,27,31);15H,3-13,17H2,1-2H3,(H,18,20);5H,4H2,1-3H3/t21-;19-;15-;5-/m0100/s1. The van der Waals surface area contributed by atoms with Gasteiger partial charge < -0.3 is 101 Å². The van der Waals surface area contributed by atoms with Crippen LogP contribution in [0.4, 0.5) is 0 Å². The molecule has 0 aliphatic heterocycles. The highest BCUT2D eigenvalue weighted by atomic mass is 16.6. The second-order valence-corrected chi connectivity index (χ2v) is 23.0. The Morgan fingerprint density at radius 2 is 0.680 bits per heavy atom. The van der Waals surface area contributed by atoms with Crippen molar-refractivity contribution in [2.24, 2.45) is 29.0 Å². The molecular formula is C70H130N8O25. The number of ketones is 7. The van der Waals surface area contributed by atoms with Gasteiger partial charge in [0, 0.05) is 95.7 Å². The van der Waals surface area contributed by atoms with Crippen molar-refractivity contribution in [2.45, 2.75) is 171 Å². The maximum atomic E-state index is 11.8. The molecule has 0 unspecified atom stereocenters. The third-order valence-electron chi connectivity index (χ3n) is 14.3. The fraction of sp³-hybridized carbons (Fsp3) is 0.814. The molecule has 0 aromatic heterocycles. The first-order chi connectivity index (χ1) is 49.4. The van der Waals surface area contributed by atoms with Gasteiger partial charge in [0.05, 0.1) is 184 Å². The molecule has 33 heteroatoms. The minimum absolute atomic E-state index is 0.0340. The molecule has 0 aromatic carbocycles. The molecule has 4 atom stereocenters. The number of primary amides is 1. The van der Waals surface area contributed by atoms with Gasteiger partial charge in [-0.05, 0) is 52.9 Å². The van der Waals surface area contributed by atoms with Gasteiger partial charge in [-0.15, -0.1) is 0 Å². The summed E-state index contributed by atoms with van der Waals surface area (Å²) in [4.78, 5) is 148. The second kappa shape index (κ2) is 77.1. The quantitative estimate of drug-likeness (QED) is 0.0395. The first-order valence-electron chi connectivity index (χ1n) is 36.0. The van der Waals surface area contributed by atoms with Crippen LogP contribution in [-0.2, 0) is 119 Å². The topological polar surface area (TPSA) is 471 Å². The van der Waals surface area contributed by atoms with E-state index >= 15 is 0 Å². The number of nitrogens with one attached hydrogen (secondary N) is 5. The highest BCUT2D eigenvalue weighted by molar-refractivity contribution is 5.91. The Morgan fingerprint density at radius 1 is 0.330 bits per heavy atom. The average molecular weight is 1480 g/mol. The summed E-state index contributed by atoms with van der Waals surface area (Å²) in [6.45, 7) is 26.1. The van der Waals surface area contributed by atoms with Crippen molar-refractivity contribution in [3.05, 3.63) is 0 Å². The third kappa shape index (κ3) is 76.9. The van der Waals surface area contributed by atoms with E-state index in [2.05, 4.69) is 26.6 Å². The number of hydrogen-bond donors (Lipinski definition) is 8. The summed E-state index contributed by atoms with van der Waals surface area (Å²) >= 11 is 0. The molecule has 0 radical (unpaired) electrons. The lowest BCUT2D eigenvalue weighted by Gasteiger charge is -2.13. The van der Waals surface area contributed by atoms with E-state index in [0.29, 0.717) is 203 Å². The van der Waals surface area contributed by atoms with Crippen LogP contribution in [0.2, 0.25) is 0 Å². The molecule has 600 valence electrons.